The SMILES string of the molecule is CC(C)C[C@@H]([C]=O)NC(=O)c1nc2ccccc2s1. The zero-order valence-electron chi connectivity index (χ0n) is 10.8. The second kappa shape index (κ2) is 5.93. The Bertz CT molecular complexity index is 559. The molecule has 0 aliphatic heterocycles. The van der Waals surface area contributed by atoms with Crippen LogP contribution in [0.1, 0.15) is 30.1 Å². The summed E-state index contributed by atoms with van der Waals surface area (Å²) >= 11 is 1.32. The number of nitrogens with one attached hydrogen (secondary N) is 1. The lowest BCUT2D eigenvalue weighted by molar-refractivity contribution is 0.0943. The predicted octanol–water partition coefficient (Wildman–Crippen LogP) is 2.55. The molecule has 2 aromatic rings. The van der Waals surface area contributed by atoms with E-state index in [1.165, 1.54) is 11.3 Å². The summed E-state index contributed by atoms with van der Waals surface area (Å²) in [5, 5.41) is 3.04. The van der Waals surface area contributed by atoms with Crippen LogP contribution in [-0.2, 0) is 4.79 Å². The van der Waals surface area contributed by atoms with E-state index in [9.17, 15) is 9.59 Å². The first-order valence-corrected chi connectivity index (χ1v) is 6.96. The molecule has 1 radical (unpaired) electrons. The largest absolute Gasteiger partial charge is 0.340 e. The van der Waals surface area contributed by atoms with Crippen molar-refractivity contribution in [3.63, 3.8) is 0 Å². The van der Waals surface area contributed by atoms with Gasteiger partial charge < -0.3 is 5.32 Å². The van der Waals surface area contributed by atoms with Gasteiger partial charge in [-0.05, 0) is 24.5 Å². The number of thiazole rings is 1. The van der Waals surface area contributed by atoms with Crippen molar-refractivity contribution in [2.24, 2.45) is 5.92 Å². The van der Waals surface area contributed by atoms with Crippen molar-refractivity contribution in [1.82, 2.24) is 10.3 Å². The van der Waals surface area contributed by atoms with Gasteiger partial charge in [0, 0.05) is 0 Å². The molecule has 0 saturated heterocycles. The minimum Gasteiger partial charge on any atom is -0.340 e. The number of fused-ring (bicyclic) bond motifs is 1. The number of rotatable bonds is 5. The van der Waals surface area contributed by atoms with Gasteiger partial charge in [0.2, 0.25) is 6.29 Å². The van der Waals surface area contributed by atoms with Crippen LogP contribution in [0.15, 0.2) is 24.3 Å². The molecule has 0 unspecified atom stereocenters. The maximum Gasteiger partial charge on any atom is 0.280 e. The molecule has 1 amide bonds. The molecule has 0 bridgehead atoms. The van der Waals surface area contributed by atoms with Crippen molar-refractivity contribution < 1.29 is 9.59 Å². The molecule has 1 aromatic heterocycles. The number of para-hydroxylation sites is 1. The lowest BCUT2D eigenvalue weighted by atomic mass is 10.1. The number of nitrogens with zero attached hydrogens (tertiary/aromatic N) is 1. The molecule has 4 nitrogen and oxygen atoms in total. The standard InChI is InChI=1S/C14H15N2O2S/c1-9(2)7-10(8-17)15-13(18)14-16-11-5-3-4-6-12(11)19-14/h3-6,9-10H,7H2,1-2H3,(H,15,18)/t10-/m0/s1. The minimum atomic E-state index is -0.570. The lowest BCUT2D eigenvalue weighted by Crippen LogP contribution is -2.36. The molecule has 0 aliphatic rings. The van der Waals surface area contributed by atoms with E-state index in [2.05, 4.69) is 10.3 Å². The molecule has 5 heteroatoms. The van der Waals surface area contributed by atoms with Gasteiger partial charge in [0.05, 0.1) is 16.3 Å². The van der Waals surface area contributed by atoms with Gasteiger partial charge in [0.1, 0.15) is 0 Å². The van der Waals surface area contributed by atoms with Gasteiger partial charge in [-0.2, -0.15) is 0 Å². The Hall–Kier alpha value is -1.75. The van der Waals surface area contributed by atoms with Crippen LogP contribution in [0.5, 0.6) is 0 Å². The average molecular weight is 275 g/mol. The quantitative estimate of drug-likeness (QED) is 0.912. The summed E-state index contributed by atoms with van der Waals surface area (Å²) < 4.78 is 0.961. The van der Waals surface area contributed by atoms with E-state index < -0.39 is 6.04 Å². The zero-order chi connectivity index (χ0) is 13.8. The highest BCUT2D eigenvalue weighted by Gasteiger charge is 2.18. The molecule has 0 saturated carbocycles. The fraction of sp³-hybridized carbons (Fsp3) is 0.357. The van der Waals surface area contributed by atoms with E-state index in [4.69, 9.17) is 0 Å². The van der Waals surface area contributed by atoms with E-state index in [1.54, 1.807) is 0 Å². The molecule has 0 aliphatic carbocycles. The van der Waals surface area contributed by atoms with Crippen LogP contribution in [0.2, 0.25) is 0 Å². The first-order valence-electron chi connectivity index (χ1n) is 6.14. The first-order chi connectivity index (χ1) is 9.10. The third-order valence-corrected chi connectivity index (χ3v) is 3.68. The number of aromatic nitrogens is 1. The Morgan fingerprint density at radius 2 is 2.16 bits per heavy atom. The Balaban J connectivity index is 2.12. The van der Waals surface area contributed by atoms with Crippen LogP contribution in [0.3, 0.4) is 0 Å². The molecular formula is C14H15N2O2S. The van der Waals surface area contributed by atoms with Crippen molar-refractivity contribution in [1.29, 1.82) is 0 Å². The van der Waals surface area contributed by atoms with Crippen molar-refractivity contribution in [3.8, 4) is 0 Å². The van der Waals surface area contributed by atoms with Gasteiger partial charge in [-0.15, -0.1) is 11.3 Å². The molecule has 2 rings (SSSR count). The predicted molar refractivity (Wildman–Crippen MR) is 76.0 cm³/mol. The molecule has 0 spiro atoms. The summed E-state index contributed by atoms with van der Waals surface area (Å²) in [5.41, 5.74) is 0.799. The minimum absolute atomic E-state index is 0.310. The number of carbonyl (C=O) groups excluding carboxylic acids is 2. The molecule has 1 atom stereocenters. The smallest absolute Gasteiger partial charge is 0.280 e. The van der Waals surface area contributed by atoms with Crippen LogP contribution < -0.4 is 5.32 Å². The summed E-state index contributed by atoms with van der Waals surface area (Å²) in [4.78, 5) is 27.1. The van der Waals surface area contributed by atoms with E-state index in [0.29, 0.717) is 17.3 Å². The lowest BCUT2D eigenvalue weighted by Gasteiger charge is -2.12. The highest BCUT2D eigenvalue weighted by Crippen LogP contribution is 2.21. The Labute approximate surface area is 115 Å². The first kappa shape index (κ1) is 13.7. The van der Waals surface area contributed by atoms with Gasteiger partial charge >= 0.3 is 0 Å². The summed E-state index contributed by atoms with van der Waals surface area (Å²) in [7, 11) is 0. The number of benzene rings is 1. The highest BCUT2D eigenvalue weighted by molar-refractivity contribution is 7.20. The van der Waals surface area contributed by atoms with Crippen LogP contribution in [0.4, 0.5) is 0 Å². The summed E-state index contributed by atoms with van der Waals surface area (Å²) in [5.74, 6) is 0.0114. The molecule has 1 aromatic carbocycles. The fourth-order valence-electron chi connectivity index (χ4n) is 1.80. The van der Waals surface area contributed by atoms with Gasteiger partial charge in [0.15, 0.2) is 5.01 Å². The Kier molecular flexibility index (Phi) is 4.27. The number of carbonyl (C=O) groups is 1. The van der Waals surface area contributed by atoms with Crippen LogP contribution >= 0.6 is 11.3 Å². The van der Waals surface area contributed by atoms with E-state index in [1.807, 2.05) is 44.4 Å². The zero-order valence-corrected chi connectivity index (χ0v) is 11.7. The third-order valence-electron chi connectivity index (χ3n) is 2.64. The Morgan fingerprint density at radius 3 is 2.79 bits per heavy atom. The summed E-state index contributed by atoms with van der Waals surface area (Å²) in [6.07, 6.45) is 2.45. The number of amides is 1. The third kappa shape index (κ3) is 3.38. The van der Waals surface area contributed by atoms with Crippen molar-refractivity contribution >= 4 is 33.7 Å². The monoisotopic (exact) mass is 275 g/mol. The van der Waals surface area contributed by atoms with Crippen molar-refractivity contribution in [3.05, 3.63) is 29.3 Å². The fourth-order valence-corrected chi connectivity index (χ4v) is 2.67. The average Bonchev–Trinajstić information content (AvgIpc) is 2.81. The number of hydrogen-bond donors (Lipinski definition) is 1. The second-order valence-corrected chi connectivity index (χ2v) is 5.79. The van der Waals surface area contributed by atoms with E-state index in [-0.39, 0.29) is 5.91 Å². The highest BCUT2D eigenvalue weighted by atomic mass is 32.1. The van der Waals surface area contributed by atoms with Gasteiger partial charge in [-0.3, -0.25) is 9.59 Å². The molecule has 1 N–H and O–H groups in total. The normalized spacial score (nSPS) is 12.6. The van der Waals surface area contributed by atoms with Crippen LogP contribution in [-0.4, -0.2) is 23.2 Å². The maximum atomic E-state index is 12.0. The van der Waals surface area contributed by atoms with Gasteiger partial charge in [-0.25, -0.2) is 4.98 Å². The van der Waals surface area contributed by atoms with Crippen molar-refractivity contribution in [2.45, 2.75) is 26.3 Å². The molecule has 0 fully saturated rings. The Morgan fingerprint density at radius 1 is 1.42 bits per heavy atom. The topological polar surface area (TPSA) is 59.1 Å². The van der Waals surface area contributed by atoms with Gasteiger partial charge in [0.25, 0.3) is 5.91 Å². The second-order valence-electron chi connectivity index (χ2n) is 4.76. The molecule has 99 valence electrons. The molecule has 19 heavy (non-hydrogen) atoms. The van der Waals surface area contributed by atoms with E-state index in [0.717, 1.165) is 10.2 Å². The molecular weight excluding hydrogens is 260 g/mol. The van der Waals surface area contributed by atoms with Gasteiger partial charge in [-0.1, -0.05) is 26.0 Å². The molecule has 1 heterocycles. The van der Waals surface area contributed by atoms with Crippen molar-refractivity contribution in [2.75, 3.05) is 0 Å². The van der Waals surface area contributed by atoms with Crippen LogP contribution in [0, 0.1) is 5.92 Å². The van der Waals surface area contributed by atoms with Crippen LogP contribution in [0.25, 0.3) is 10.2 Å². The van der Waals surface area contributed by atoms with E-state index >= 15 is 0 Å². The summed E-state index contributed by atoms with van der Waals surface area (Å²) in [6.45, 7) is 3.99. The number of hydrogen-bond acceptors (Lipinski definition) is 4. The maximum absolute atomic E-state index is 12.0. The summed E-state index contributed by atoms with van der Waals surface area (Å²) in [6, 6.07) is 6.99.